The Labute approximate surface area is 130 Å². The summed E-state index contributed by atoms with van der Waals surface area (Å²) in [5, 5.41) is 3.29. The van der Waals surface area contributed by atoms with Crippen molar-refractivity contribution in [3.05, 3.63) is 17.7 Å². The lowest BCUT2D eigenvalue weighted by Gasteiger charge is -2.30. The van der Waals surface area contributed by atoms with E-state index < -0.39 is 10.0 Å². The van der Waals surface area contributed by atoms with Crippen molar-refractivity contribution in [1.82, 2.24) is 24.1 Å². The number of aromatic nitrogens is 2. The van der Waals surface area contributed by atoms with Crippen molar-refractivity contribution < 1.29 is 13.2 Å². The number of nitrogens with zero attached hydrogens (tertiary/aromatic N) is 4. The summed E-state index contributed by atoms with van der Waals surface area (Å²) >= 11 is 0. The van der Waals surface area contributed by atoms with Crippen molar-refractivity contribution in [2.24, 2.45) is 0 Å². The third-order valence-electron chi connectivity index (χ3n) is 4.36. The van der Waals surface area contributed by atoms with Crippen LogP contribution in [-0.2, 0) is 23.1 Å². The highest BCUT2D eigenvalue weighted by molar-refractivity contribution is 7.88. The van der Waals surface area contributed by atoms with E-state index in [2.05, 4.69) is 10.3 Å². The molecule has 0 saturated carbocycles. The zero-order chi connectivity index (χ0) is 15.9. The maximum absolute atomic E-state index is 12.7. The highest BCUT2D eigenvalue weighted by atomic mass is 32.2. The summed E-state index contributed by atoms with van der Waals surface area (Å²) in [7, 11) is -1.81. The monoisotopic (exact) mass is 327 g/mol. The van der Waals surface area contributed by atoms with Crippen LogP contribution in [0.2, 0.25) is 0 Å². The molecule has 0 aromatic carbocycles. The van der Waals surface area contributed by atoms with Crippen molar-refractivity contribution >= 4 is 16.1 Å². The Morgan fingerprint density at radius 3 is 2.73 bits per heavy atom. The van der Waals surface area contributed by atoms with Gasteiger partial charge in [-0.2, -0.15) is 4.31 Å². The second kappa shape index (κ2) is 5.64. The molecule has 1 amide bonds. The molecule has 0 atom stereocenters. The van der Waals surface area contributed by atoms with Gasteiger partial charge in [-0.25, -0.2) is 22.8 Å². The maximum Gasteiger partial charge on any atom is 0.330 e. The van der Waals surface area contributed by atoms with Gasteiger partial charge in [0.25, 0.3) is 0 Å². The van der Waals surface area contributed by atoms with Crippen LogP contribution in [0.3, 0.4) is 0 Å². The number of rotatable bonds is 4. The predicted molar refractivity (Wildman–Crippen MR) is 80.8 cm³/mol. The van der Waals surface area contributed by atoms with Gasteiger partial charge in [-0.1, -0.05) is 0 Å². The van der Waals surface area contributed by atoms with E-state index in [0.29, 0.717) is 12.4 Å². The summed E-state index contributed by atoms with van der Waals surface area (Å²) in [4.78, 5) is 18.8. The normalized spacial score (nSPS) is 20.0. The molecule has 1 aromatic rings. The molecule has 122 valence electrons. The third kappa shape index (κ3) is 2.75. The number of piperidine rings is 1. The fourth-order valence-corrected chi connectivity index (χ4v) is 3.33. The van der Waals surface area contributed by atoms with Gasteiger partial charge < -0.3 is 10.2 Å². The molecular formula is C13H21N5O3S. The SMILES string of the molecule is CN(Cc1ncc2n1C(=O)N(C1CCNCC1)C2)S(C)(=O)=O. The molecule has 0 spiro atoms. The van der Waals surface area contributed by atoms with Gasteiger partial charge in [0.05, 0.1) is 31.2 Å². The van der Waals surface area contributed by atoms with E-state index in [-0.39, 0.29) is 18.6 Å². The average molecular weight is 327 g/mol. The summed E-state index contributed by atoms with van der Waals surface area (Å²) < 4.78 is 25.8. The summed E-state index contributed by atoms with van der Waals surface area (Å²) in [6.45, 7) is 2.50. The van der Waals surface area contributed by atoms with Crippen molar-refractivity contribution in [1.29, 1.82) is 0 Å². The zero-order valence-corrected chi connectivity index (χ0v) is 13.6. The van der Waals surface area contributed by atoms with Crippen LogP contribution < -0.4 is 5.32 Å². The van der Waals surface area contributed by atoms with Gasteiger partial charge in [0.15, 0.2) is 0 Å². The second-order valence-electron chi connectivity index (χ2n) is 5.91. The first kappa shape index (κ1) is 15.4. The van der Waals surface area contributed by atoms with E-state index in [1.807, 2.05) is 4.90 Å². The minimum atomic E-state index is -3.30. The molecule has 1 fully saturated rings. The second-order valence-corrected chi connectivity index (χ2v) is 8.00. The number of amides is 1. The van der Waals surface area contributed by atoms with Gasteiger partial charge in [0.2, 0.25) is 10.0 Å². The Hall–Kier alpha value is -1.45. The number of nitrogens with one attached hydrogen (secondary N) is 1. The van der Waals surface area contributed by atoms with Gasteiger partial charge >= 0.3 is 6.03 Å². The first-order valence-electron chi connectivity index (χ1n) is 7.36. The molecule has 2 aliphatic rings. The van der Waals surface area contributed by atoms with Crippen LogP contribution in [0, 0.1) is 0 Å². The molecule has 1 aromatic heterocycles. The van der Waals surface area contributed by atoms with Gasteiger partial charge in [0, 0.05) is 13.1 Å². The van der Waals surface area contributed by atoms with Crippen molar-refractivity contribution in [2.45, 2.75) is 32.0 Å². The number of fused-ring (bicyclic) bond motifs is 1. The number of hydrogen-bond acceptors (Lipinski definition) is 5. The van der Waals surface area contributed by atoms with Gasteiger partial charge in [0.1, 0.15) is 5.82 Å². The Balaban J connectivity index is 1.79. The third-order valence-corrected chi connectivity index (χ3v) is 5.62. The quantitative estimate of drug-likeness (QED) is 0.828. The average Bonchev–Trinajstić information content (AvgIpc) is 3.00. The first-order chi connectivity index (χ1) is 10.4. The van der Waals surface area contributed by atoms with E-state index in [4.69, 9.17) is 0 Å². The van der Waals surface area contributed by atoms with Gasteiger partial charge in [-0.3, -0.25) is 0 Å². The maximum atomic E-state index is 12.7. The van der Waals surface area contributed by atoms with E-state index in [1.54, 1.807) is 10.8 Å². The summed E-state index contributed by atoms with van der Waals surface area (Å²) in [6, 6.07) is 0.158. The lowest BCUT2D eigenvalue weighted by Crippen LogP contribution is -2.44. The Morgan fingerprint density at radius 2 is 2.09 bits per heavy atom. The Morgan fingerprint density at radius 1 is 1.41 bits per heavy atom. The minimum absolute atomic E-state index is 0.0868. The van der Waals surface area contributed by atoms with Crippen LogP contribution in [0.4, 0.5) is 4.79 Å². The van der Waals surface area contributed by atoms with E-state index >= 15 is 0 Å². The van der Waals surface area contributed by atoms with Crippen molar-refractivity contribution in [2.75, 3.05) is 26.4 Å². The van der Waals surface area contributed by atoms with E-state index in [0.717, 1.165) is 37.9 Å². The molecule has 22 heavy (non-hydrogen) atoms. The molecule has 3 rings (SSSR count). The smallest absolute Gasteiger partial charge is 0.317 e. The number of hydrogen-bond donors (Lipinski definition) is 1. The van der Waals surface area contributed by atoms with Crippen LogP contribution >= 0.6 is 0 Å². The first-order valence-corrected chi connectivity index (χ1v) is 9.21. The fraction of sp³-hybridized carbons (Fsp3) is 0.692. The Bertz CT molecular complexity index is 678. The van der Waals surface area contributed by atoms with Gasteiger partial charge in [-0.15, -0.1) is 0 Å². The highest BCUT2D eigenvalue weighted by Crippen LogP contribution is 2.25. The number of carbonyl (C=O) groups excluding carboxylic acids is 1. The molecule has 1 saturated heterocycles. The number of sulfonamides is 1. The van der Waals surface area contributed by atoms with Crippen LogP contribution in [0.15, 0.2) is 6.20 Å². The predicted octanol–water partition coefficient (Wildman–Crippen LogP) is -0.190. The summed E-state index contributed by atoms with van der Waals surface area (Å²) in [5.74, 6) is 0.476. The molecule has 0 aliphatic carbocycles. The minimum Gasteiger partial charge on any atom is -0.317 e. The van der Waals surface area contributed by atoms with Gasteiger partial charge in [-0.05, 0) is 25.9 Å². The molecule has 0 radical (unpaired) electrons. The molecule has 0 bridgehead atoms. The van der Waals surface area contributed by atoms with Crippen LogP contribution in [0.1, 0.15) is 24.4 Å². The van der Waals surface area contributed by atoms with Crippen LogP contribution in [0.25, 0.3) is 0 Å². The summed E-state index contributed by atoms with van der Waals surface area (Å²) in [6.07, 6.45) is 4.71. The molecule has 3 heterocycles. The molecule has 8 nitrogen and oxygen atoms in total. The molecule has 1 N–H and O–H groups in total. The standard InChI is InChI=1S/C13H21N5O3S/c1-16(22(2,20)21)9-12-15-7-11-8-17(13(19)18(11)12)10-3-5-14-6-4-10/h7,10,14H,3-6,8-9H2,1-2H3. The molecule has 0 unspecified atom stereocenters. The topological polar surface area (TPSA) is 87.5 Å². The lowest BCUT2D eigenvalue weighted by atomic mass is 10.1. The van der Waals surface area contributed by atoms with Crippen LogP contribution in [-0.4, -0.2) is 65.6 Å². The lowest BCUT2D eigenvalue weighted by molar-refractivity contribution is 0.169. The molecule has 9 heteroatoms. The fourth-order valence-electron chi connectivity index (χ4n) is 2.98. The number of imidazole rings is 1. The van der Waals surface area contributed by atoms with Crippen LogP contribution in [0.5, 0.6) is 0 Å². The molecular weight excluding hydrogens is 306 g/mol. The van der Waals surface area contributed by atoms with Crippen molar-refractivity contribution in [3.63, 3.8) is 0 Å². The largest absolute Gasteiger partial charge is 0.330 e. The summed E-state index contributed by atoms with van der Waals surface area (Å²) in [5.41, 5.74) is 0.834. The molecule has 2 aliphatic heterocycles. The van der Waals surface area contributed by atoms with E-state index in [1.165, 1.54) is 11.4 Å². The zero-order valence-electron chi connectivity index (χ0n) is 12.8. The Kier molecular flexibility index (Phi) is 3.96. The number of carbonyl (C=O) groups is 1. The highest BCUT2D eigenvalue weighted by Gasteiger charge is 2.35. The van der Waals surface area contributed by atoms with Crippen molar-refractivity contribution in [3.8, 4) is 0 Å². The van der Waals surface area contributed by atoms with E-state index in [9.17, 15) is 13.2 Å².